The van der Waals surface area contributed by atoms with E-state index in [2.05, 4.69) is 93.2 Å². The second-order valence-corrected chi connectivity index (χ2v) is 9.86. The molecule has 0 fully saturated rings. The van der Waals surface area contributed by atoms with Crippen molar-refractivity contribution in [1.29, 1.82) is 0 Å². The summed E-state index contributed by atoms with van der Waals surface area (Å²) in [6, 6.07) is 23.5. The zero-order valence-corrected chi connectivity index (χ0v) is 21.1. The molecule has 174 valence electrons. The van der Waals surface area contributed by atoms with Crippen LogP contribution in [0.4, 0.5) is 11.6 Å². The Bertz CT molecular complexity index is 1280. The number of hydrogen-bond acceptors (Lipinski definition) is 4. The minimum atomic E-state index is 0.0873. The van der Waals surface area contributed by atoms with Crippen LogP contribution in [0.15, 0.2) is 77.4 Å². The van der Waals surface area contributed by atoms with Crippen LogP contribution in [-0.4, -0.2) is 30.3 Å². The molecule has 0 radical (unpaired) electrons. The molecule has 4 aromatic rings. The normalized spacial score (nSPS) is 13.7. The summed E-state index contributed by atoms with van der Waals surface area (Å²) in [5.41, 5.74) is 13.8. The third-order valence-corrected chi connectivity index (χ3v) is 7.21. The zero-order chi connectivity index (χ0) is 23.7. The maximum atomic E-state index is 6.42. The third-order valence-electron chi connectivity index (χ3n) is 6.68. The van der Waals surface area contributed by atoms with Crippen molar-refractivity contribution in [1.82, 2.24) is 9.55 Å². The van der Waals surface area contributed by atoms with Crippen LogP contribution in [-0.2, 0) is 19.4 Å². The lowest BCUT2D eigenvalue weighted by Crippen LogP contribution is -2.12. The monoisotopic (exact) mass is 516 g/mol. The number of hydrogen-bond donors (Lipinski definition) is 1. The highest BCUT2D eigenvalue weighted by Gasteiger charge is 2.21. The van der Waals surface area contributed by atoms with Crippen LogP contribution in [0.5, 0.6) is 5.75 Å². The predicted octanol–water partition coefficient (Wildman–Crippen LogP) is 5.65. The Morgan fingerprint density at radius 1 is 1.03 bits per heavy atom. The van der Waals surface area contributed by atoms with E-state index in [1.54, 1.807) is 7.11 Å². The average Bonchev–Trinajstić information content (AvgIpc) is 3.40. The Kier molecular flexibility index (Phi) is 6.33. The number of ether oxygens (including phenoxy) is 1. The van der Waals surface area contributed by atoms with Crippen molar-refractivity contribution < 1.29 is 4.74 Å². The molecule has 0 spiro atoms. The number of rotatable bonds is 7. The van der Waals surface area contributed by atoms with E-state index in [4.69, 9.17) is 15.5 Å². The smallest absolute Gasteiger partial charge is 0.200 e. The first kappa shape index (κ1) is 22.5. The van der Waals surface area contributed by atoms with Crippen LogP contribution < -0.4 is 15.4 Å². The second-order valence-electron chi connectivity index (χ2n) is 8.94. The van der Waals surface area contributed by atoms with E-state index in [-0.39, 0.29) is 5.92 Å². The van der Waals surface area contributed by atoms with E-state index in [0.717, 1.165) is 35.3 Å². The molecule has 1 aliphatic heterocycles. The van der Waals surface area contributed by atoms with Crippen molar-refractivity contribution in [3.63, 3.8) is 0 Å². The van der Waals surface area contributed by atoms with E-state index in [1.165, 1.54) is 27.9 Å². The van der Waals surface area contributed by atoms with Crippen molar-refractivity contribution in [2.24, 2.45) is 0 Å². The topological polar surface area (TPSA) is 56.3 Å². The first-order chi connectivity index (χ1) is 16.5. The quantitative estimate of drug-likeness (QED) is 0.344. The van der Waals surface area contributed by atoms with Gasteiger partial charge < -0.3 is 19.9 Å². The van der Waals surface area contributed by atoms with Crippen molar-refractivity contribution in [3.8, 4) is 5.75 Å². The van der Waals surface area contributed by atoms with Gasteiger partial charge in [-0.05, 0) is 65.4 Å². The number of nitrogens with zero attached hydrogens (tertiary/aromatic N) is 3. The van der Waals surface area contributed by atoms with Gasteiger partial charge in [0.05, 0.1) is 19.3 Å². The Labute approximate surface area is 209 Å². The molecule has 2 heterocycles. The van der Waals surface area contributed by atoms with Crippen LogP contribution in [0, 0.1) is 0 Å². The van der Waals surface area contributed by atoms with Crippen molar-refractivity contribution in [2.45, 2.75) is 25.3 Å². The van der Waals surface area contributed by atoms with Gasteiger partial charge in [-0.15, -0.1) is 0 Å². The Morgan fingerprint density at radius 3 is 2.50 bits per heavy atom. The molecule has 5 nitrogen and oxygen atoms in total. The van der Waals surface area contributed by atoms with Gasteiger partial charge in [-0.25, -0.2) is 4.98 Å². The van der Waals surface area contributed by atoms with Gasteiger partial charge in [0.25, 0.3) is 0 Å². The van der Waals surface area contributed by atoms with E-state index in [0.29, 0.717) is 12.5 Å². The average molecular weight is 517 g/mol. The lowest BCUT2D eigenvalue weighted by molar-refractivity contribution is 0.414. The largest absolute Gasteiger partial charge is 0.497 e. The van der Waals surface area contributed by atoms with Crippen LogP contribution in [0.25, 0.3) is 0 Å². The molecule has 0 saturated heterocycles. The van der Waals surface area contributed by atoms with Gasteiger partial charge in [-0.2, -0.15) is 0 Å². The predicted molar refractivity (Wildman–Crippen MR) is 142 cm³/mol. The zero-order valence-electron chi connectivity index (χ0n) is 19.5. The number of fused-ring (bicyclic) bond motifs is 1. The van der Waals surface area contributed by atoms with Crippen LogP contribution >= 0.6 is 15.9 Å². The van der Waals surface area contributed by atoms with E-state index < -0.39 is 0 Å². The number of imidazole rings is 1. The lowest BCUT2D eigenvalue weighted by atomic mass is 9.89. The molecular weight excluding hydrogens is 488 g/mol. The number of aromatic nitrogens is 2. The molecule has 0 aliphatic carbocycles. The molecule has 1 aliphatic rings. The number of nitrogen functional groups attached to an aromatic ring is 1. The summed E-state index contributed by atoms with van der Waals surface area (Å²) in [5, 5.41) is 0. The molecule has 6 heteroatoms. The molecule has 3 aromatic carbocycles. The standard InChI is InChI=1S/C28H29BrN4O/c1-32-14-13-22-15-20(5-12-27(22)32)17-33-18-26(31-28(33)30)25(16-19-3-8-23(29)9-4-19)21-6-10-24(34-2)11-7-21/h3-12,15,18,25H,13-14,16-17H2,1-2H3,(H2,30,31). The molecule has 5 rings (SSSR count). The maximum Gasteiger partial charge on any atom is 0.200 e. The van der Waals surface area contributed by atoms with E-state index in [9.17, 15) is 0 Å². The Hall–Kier alpha value is -3.25. The minimum Gasteiger partial charge on any atom is -0.497 e. The summed E-state index contributed by atoms with van der Waals surface area (Å²) in [7, 11) is 3.84. The molecular formula is C28H29BrN4O. The first-order valence-electron chi connectivity index (χ1n) is 11.5. The van der Waals surface area contributed by atoms with Crippen LogP contribution in [0.3, 0.4) is 0 Å². The van der Waals surface area contributed by atoms with Crippen molar-refractivity contribution >= 4 is 27.6 Å². The van der Waals surface area contributed by atoms with Gasteiger partial charge in [0, 0.05) is 35.9 Å². The van der Waals surface area contributed by atoms with Gasteiger partial charge in [0.1, 0.15) is 5.75 Å². The second kappa shape index (κ2) is 9.55. The highest BCUT2D eigenvalue weighted by atomic mass is 79.9. The molecule has 0 amide bonds. The molecule has 1 aromatic heterocycles. The van der Waals surface area contributed by atoms with Crippen molar-refractivity contribution in [3.05, 3.63) is 105 Å². The summed E-state index contributed by atoms with van der Waals surface area (Å²) < 4.78 is 8.50. The number of likely N-dealkylation sites (N-methyl/N-ethyl adjacent to an activating group) is 1. The van der Waals surface area contributed by atoms with Gasteiger partial charge in [-0.1, -0.05) is 52.3 Å². The number of benzene rings is 3. The first-order valence-corrected chi connectivity index (χ1v) is 12.3. The Balaban J connectivity index is 1.45. The summed E-state index contributed by atoms with van der Waals surface area (Å²) in [6.45, 7) is 1.79. The fourth-order valence-corrected chi connectivity index (χ4v) is 5.01. The number of anilines is 2. The molecule has 0 saturated carbocycles. The summed E-state index contributed by atoms with van der Waals surface area (Å²) in [4.78, 5) is 7.13. The third kappa shape index (κ3) is 4.68. The van der Waals surface area contributed by atoms with Gasteiger partial charge >= 0.3 is 0 Å². The summed E-state index contributed by atoms with van der Waals surface area (Å²) >= 11 is 3.53. The fourth-order valence-electron chi connectivity index (χ4n) is 4.75. The highest BCUT2D eigenvalue weighted by molar-refractivity contribution is 9.10. The number of halogens is 1. The molecule has 1 atom stereocenters. The molecule has 0 bridgehead atoms. The van der Waals surface area contributed by atoms with Crippen LogP contribution in [0.1, 0.15) is 33.9 Å². The summed E-state index contributed by atoms with van der Waals surface area (Å²) in [5.74, 6) is 1.48. The molecule has 2 N–H and O–H groups in total. The lowest BCUT2D eigenvalue weighted by Gasteiger charge is -2.16. The summed E-state index contributed by atoms with van der Waals surface area (Å²) in [6.07, 6.45) is 4.04. The van der Waals surface area contributed by atoms with E-state index >= 15 is 0 Å². The van der Waals surface area contributed by atoms with Gasteiger partial charge in [0.2, 0.25) is 5.95 Å². The van der Waals surface area contributed by atoms with Gasteiger partial charge in [0.15, 0.2) is 0 Å². The molecule has 1 unspecified atom stereocenters. The van der Waals surface area contributed by atoms with Gasteiger partial charge in [-0.3, -0.25) is 0 Å². The number of methoxy groups -OCH3 is 1. The molecule has 34 heavy (non-hydrogen) atoms. The highest BCUT2D eigenvalue weighted by Crippen LogP contribution is 2.32. The van der Waals surface area contributed by atoms with Crippen LogP contribution in [0.2, 0.25) is 0 Å². The van der Waals surface area contributed by atoms with Crippen molar-refractivity contribution in [2.75, 3.05) is 31.3 Å². The fraction of sp³-hybridized carbons (Fsp3) is 0.250. The minimum absolute atomic E-state index is 0.0873. The van der Waals surface area contributed by atoms with E-state index in [1.807, 2.05) is 12.1 Å². The SMILES string of the molecule is COc1ccc(C(Cc2ccc(Br)cc2)c2cn(Cc3ccc4c(c3)CCN4C)c(N)n2)cc1. The Morgan fingerprint density at radius 2 is 1.76 bits per heavy atom. The number of nitrogens with two attached hydrogens (primary N) is 1. The maximum absolute atomic E-state index is 6.42.